The lowest BCUT2D eigenvalue weighted by Crippen LogP contribution is -2.37. The Morgan fingerprint density at radius 1 is 1.06 bits per heavy atom. The van der Waals surface area contributed by atoms with Crippen molar-refractivity contribution in [3.05, 3.63) is 52.9 Å². The van der Waals surface area contributed by atoms with Gasteiger partial charge in [-0.25, -0.2) is 0 Å². The van der Waals surface area contributed by atoms with Crippen LogP contribution in [-0.4, -0.2) is 55.9 Å². The number of aromatic nitrogens is 2. The summed E-state index contributed by atoms with van der Waals surface area (Å²) < 4.78 is 23.5. The Bertz CT molecular complexity index is 1630. The number of fused-ring (bicyclic) bond motifs is 5. The Kier molecular flexibility index (Phi) is 5.78. The molecule has 35 heavy (non-hydrogen) atoms. The summed E-state index contributed by atoms with van der Waals surface area (Å²) in [7, 11) is 4.62. The number of methoxy groups -OCH3 is 3. The molecule has 3 aromatic heterocycles. The number of hydrogen-bond donors (Lipinski definition) is 1. The first-order chi connectivity index (χ1) is 17.0. The smallest absolute Gasteiger partial charge is 0.267 e. The molecule has 0 saturated carbocycles. The summed E-state index contributed by atoms with van der Waals surface area (Å²) in [5.74, 6) is 1.13. The van der Waals surface area contributed by atoms with E-state index < -0.39 is 6.10 Å². The van der Waals surface area contributed by atoms with E-state index in [2.05, 4.69) is 10.3 Å². The second-order valence-electron chi connectivity index (χ2n) is 8.14. The van der Waals surface area contributed by atoms with Crippen LogP contribution in [0.3, 0.4) is 0 Å². The average Bonchev–Trinajstić information content (AvgIpc) is 3.21. The molecule has 0 unspecified atom stereocenters. The summed E-state index contributed by atoms with van der Waals surface area (Å²) >= 11 is 0. The van der Waals surface area contributed by atoms with Crippen LogP contribution in [-0.2, 0) is 9.53 Å². The van der Waals surface area contributed by atoms with Crippen molar-refractivity contribution < 1.29 is 23.7 Å². The minimum absolute atomic E-state index is 0.226. The highest BCUT2D eigenvalue weighted by Crippen LogP contribution is 2.39. The number of pyridine rings is 2. The van der Waals surface area contributed by atoms with E-state index in [9.17, 15) is 9.59 Å². The van der Waals surface area contributed by atoms with E-state index in [0.717, 1.165) is 16.3 Å². The van der Waals surface area contributed by atoms with Crippen LogP contribution in [0.25, 0.3) is 38.1 Å². The van der Waals surface area contributed by atoms with Crippen molar-refractivity contribution in [3.8, 4) is 17.2 Å². The van der Waals surface area contributed by atoms with Crippen molar-refractivity contribution in [2.24, 2.45) is 0 Å². The number of hydrogen-bond acceptors (Lipinski definition) is 7. The minimum atomic E-state index is -0.701. The largest absolute Gasteiger partial charge is 0.493 e. The second kappa shape index (κ2) is 8.92. The topological polar surface area (TPSA) is 100 Å². The highest BCUT2D eigenvalue weighted by Gasteiger charge is 2.22. The molecule has 0 fully saturated rings. The summed E-state index contributed by atoms with van der Waals surface area (Å²) in [5, 5.41) is 5.54. The van der Waals surface area contributed by atoms with Gasteiger partial charge in [-0.05, 0) is 43.3 Å². The van der Waals surface area contributed by atoms with E-state index in [0.29, 0.717) is 52.2 Å². The molecule has 0 bridgehead atoms. The van der Waals surface area contributed by atoms with Crippen LogP contribution in [0, 0.1) is 0 Å². The predicted molar refractivity (Wildman–Crippen MR) is 133 cm³/mol. The van der Waals surface area contributed by atoms with Gasteiger partial charge in [0.05, 0.1) is 42.8 Å². The first kappa shape index (κ1) is 22.7. The van der Waals surface area contributed by atoms with E-state index in [-0.39, 0.29) is 11.5 Å². The van der Waals surface area contributed by atoms with Gasteiger partial charge in [0, 0.05) is 36.0 Å². The number of carbonyl (C=O) groups excluding carboxylic acids is 1. The zero-order valence-electron chi connectivity index (χ0n) is 19.9. The van der Waals surface area contributed by atoms with Gasteiger partial charge >= 0.3 is 0 Å². The lowest BCUT2D eigenvalue weighted by molar-refractivity contribution is -0.127. The lowest BCUT2D eigenvalue weighted by Gasteiger charge is -2.14. The molecule has 1 N–H and O–H groups in total. The summed E-state index contributed by atoms with van der Waals surface area (Å²) in [6, 6.07) is 10.9. The summed E-state index contributed by atoms with van der Waals surface area (Å²) in [4.78, 5) is 30.7. The number of ether oxygens (including phenoxy) is 4. The molecule has 1 atom stereocenters. The van der Waals surface area contributed by atoms with Crippen LogP contribution in [0.5, 0.6) is 17.2 Å². The molecule has 5 aromatic rings. The summed E-state index contributed by atoms with van der Waals surface area (Å²) in [5.41, 5.74) is 1.88. The Hall–Kier alpha value is -4.11. The third-order valence-corrected chi connectivity index (χ3v) is 6.15. The van der Waals surface area contributed by atoms with Gasteiger partial charge in [0.25, 0.3) is 11.5 Å². The second-order valence-corrected chi connectivity index (χ2v) is 8.14. The van der Waals surface area contributed by atoms with E-state index in [1.807, 2.05) is 24.3 Å². The quantitative estimate of drug-likeness (QED) is 0.272. The molecular formula is C26H25N3O6. The molecule has 9 heteroatoms. The van der Waals surface area contributed by atoms with Gasteiger partial charge in [0.1, 0.15) is 5.75 Å². The maximum atomic E-state index is 13.8. The summed E-state index contributed by atoms with van der Waals surface area (Å²) in [6.07, 6.45) is 1.02. The number of nitrogens with zero attached hydrogens (tertiary/aromatic N) is 2. The summed E-state index contributed by atoms with van der Waals surface area (Å²) in [6.45, 7) is 2.52. The van der Waals surface area contributed by atoms with Gasteiger partial charge in [0.15, 0.2) is 17.6 Å². The van der Waals surface area contributed by atoms with Gasteiger partial charge in [-0.1, -0.05) is 0 Å². The van der Waals surface area contributed by atoms with E-state index in [1.54, 1.807) is 36.8 Å². The molecule has 0 saturated heterocycles. The van der Waals surface area contributed by atoms with Crippen LogP contribution in [0.2, 0.25) is 0 Å². The van der Waals surface area contributed by atoms with Crippen LogP contribution in [0.15, 0.2) is 47.4 Å². The van der Waals surface area contributed by atoms with Crippen LogP contribution >= 0.6 is 0 Å². The van der Waals surface area contributed by atoms with E-state index in [4.69, 9.17) is 18.9 Å². The fourth-order valence-corrected chi connectivity index (χ4v) is 4.55. The Labute approximate surface area is 200 Å². The molecule has 180 valence electrons. The highest BCUT2D eigenvalue weighted by molar-refractivity contribution is 6.19. The third kappa shape index (κ3) is 3.55. The minimum Gasteiger partial charge on any atom is -0.493 e. The number of rotatable bonds is 8. The van der Waals surface area contributed by atoms with Crippen molar-refractivity contribution in [1.82, 2.24) is 14.7 Å². The van der Waals surface area contributed by atoms with Crippen LogP contribution < -0.4 is 25.1 Å². The highest BCUT2D eigenvalue weighted by atomic mass is 16.5. The maximum Gasteiger partial charge on any atom is 0.267 e. The van der Waals surface area contributed by atoms with Gasteiger partial charge in [-0.15, -0.1) is 0 Å². The number of carbonyl (C=O) groups is 1. The Morgan fingerprint density at radius 2 is 1.89 bits per heavy atom. The molecule has 5 rings (SSSR count). The Balaban J connectivity index is 1.69. The molecule has 0 aliphatic carbocycles. The van der Waals surface area contributed by atoms with E-state index >= 15 is 0 Å². The fourth-order valence-electron chi connectivity index (χ4n) is 4.55. The maximum absolute atomic E-state index is 13.8. The van der Waals surface area contributed by atoms with Crippen molar-refractivity contribution in [3.63, 3.8) is 0 Å². The van der Waals surface area contributed by atoms with Crippen molar-refractivity contribution in [1.29, 1.82) is 0 Å². The number of amides is 1. The third-order valence-electron chi connectivity index (χ3n) is 6.15. The molecule has 0 aliphatic heterocycles. The van der Waals surface area contributed by atoms with E-state index in [1.165, 1.54) is 14.2 Å². The molecule has 0 aliphatic rings. The molecule has 1 amide bonds. The number of benzene rings is 2. The molecule has 0 radical (unpaired) electrons. The van der Waals surface area contributed by atoms with Crippen molar-refractivity contribution in [2.75, 3.05) is 34.5 Å². The zero-order chi connectivity index (χ0) is 24.7. The average molecular weight is 476 g/mol. The predicted octanol–water partition coefficient (Wildman–Crippen LogP) is 3.14. The van der Waals surface area contributed by atoms with Gasteiger partial charge < -0.3 is 24.3 Å². The van der Waals surface area contributed by atoms with Crippen molar-refractivity contribution in [2.45, 2.75) is 13.0 Å². The van der Waals surface area contributed by atoms with Crippen molar-refractivity contribution >= 4 is 44.0 Å². The monoisotopic (exact) mass is 475 g/mol. The molecular weight excluding hydrogens is 450 g/mol. The normalized spacial score (nSPS) is 12.5. The van der Waals surface area contributed by atoms with Crippen LogP contribution in [0.4, 0.5) is 0 Å². The number of nitrogens with one attached hydrogen (secondary N) is 1. The Morgan fingerprint density at radius 3 is 2.63 bits per heavy atom. The first-order valence-electron chi connectivity index (χ1n) is 11.2. The van der Waals surface area contributed by atoms with Crippen LogP contribution in [0.1, 0.15) is 6.92 Å². The molecule has 0 spiro atoms. The lowest BCUT2D eigenvalue weighted by atomic mass is 10.1. The SMILES string of the molecule is COCCNC(=O)[C@H](C)Oc1ccc2c(c1)c1ccnc3c4ccc(OC)c(OC)c4c(=O)n2c13. The molecule has 2 aromatic carbocycles. The fraction of sp³-hybridized carbons (Fsp3) is 0.269. The molecule has 3 heterocycles. The standard InChI is InChI=1S/C26H25N3O6/c1-14(25(30)28-11-12-32-2)35-15-5-7-19-18(13-15)16-9-10-27-22-17-6-8-20(33-3)24(34-4)21(17)26(31)29(19)23(16)22/h5-10,13-14H,11-12H2,1-4H3,(H,28,30)/t14-/m0/s1. The van der Waals surface area contributed by atoms with Gasteiger partial charge in [-0.2, -0.15) is 0 Å². The zero-order valence-corrected chi connectivity index (χ0v) is 19.9. The van der Waals surface area contributed by atoms with Gasteiger partial charge in [0.2, 0.25) is 0 Å². The first-order valence-corrected chi connectivity index (χ1v) is 11.2. The molecule has 9 nitrogen and oxygen atoms in total. The van der Waals surface area contributed by atoms with Gasteiger partial charge in [-0.3, -0.25) is 19.0 Å².